The molecule has 13 nitrogen and oxygen atoms in total. The molecule has 3 N–H and O–H groups in total. The average molecular weight is 733 g/mol. The summed E-state index contributed by atoms with van der Waals surface area (Å²) in [5.74, 6) is -1.70. The second-order valence-corrected chi connectivity index (χ2v) is 14.5. The number of hydrogen-bond acceptors (Lipinski definition) is 9. The summed E-state index contributed by atoms with van der Waals surface area (Å²) in [6.45, 7) is 4.90. The van der Waals surface area contributed by atoms with Crippen molar-refractivity contribution in [2.24, 2.45) is 11.3 Å². The first kappa shape index (κ1) is 36.1. The Bertz CT molecular complexity index is 2120. The van der Waals surface area contributed by atoms with E-state index in [1.165, 1.54) is 22.6 Å². The summed E-state index contributed by atoms with van der Waals surface area (Å²) in [6.07, 6.45) is -0.235. The molecule has 3 amide bonds. The predicted octanol–water partition coefficient (Wildman–Crippen LogP) is 4.26. The molecule has 278 valence electrons. The first-order valence-electron chi connectivity index (χ1n) is 17.6. The van der Waals surface area contributed by atoms with E-state index in [0.717, 1.165) is 23.3 Å². The first-order chi connectivity index (χ1) is 25.1. The van der Waals surface area contributed by atoms with Crippen LogP contribution in [0.15, 0.2) is 42.7 Å². The zero-order chi connectivity index (χ0) is 37.8. The van der Waals surface area contributed by atoms with Gasteiger partial charge in [0.05, 0.1) is 11.6 Å². The smallest absolute Gasteiger partial charge is 0.393 e. The molecular formula is C37H39F3N8O5. The summed E-state index contributed by atoms with van der Waals surface area (Å²) in [5.41, 5.74) is 1.10. The van der Waals surface area contributed by atoms with E-state index in [9.17, 15) is 37.5 Å². The Balaban J connectivity index is 1.29. The van der Waals surface area contributed by atoms with Crippen molar-refractivity contribution in [2.45, 2.75) is 90.2 Å². The van der Waals surface area contributed by atoms with Crippen molar-refractivity contribution < 1.29 is 37.5 Å². The van der Waals surface area contributed by atoms with E-state index < -0.39 is 47.3 Å². The third-order valence-corrected chi connectivity index (χ3v) is 10.8. The third kappa shape index (κ3) is 7.11. The van der Waals surface area contributed by atoms with E-state index in [-0.39, 0.29) is 61.5 Å². The summed E-state index contributed by atoms with van der Waals surface area (Å²) < 4.78 is 41.6. The number of benzene rings is 1. The van der Waals surface area contributed by atoms with Crippen LogP contribution in [-0.4, -0.2) is 83.0 Å². The van der Waals surface area contributed by atoms with Crippen molar-refractivity contribution in [1.82, 2.24) is 34.9 Å². The lowest BCUT2D eigenvalue weighted by atomic mass is 9.91. The number of rotatable bonds is 4. The number of carbonyl (C=O) groups excluding carboxylic acids is 4. The van der Waals surface area contributed by atoms with Crippen LogP contribution >= 0.6 is 0 Å². The third-order valence-electron chi connectivity index (χ3n) is 10.8. The molecule has 2 unspecified atom stereocenters. The molecule has 2 bridgehead atoms. The van der Waals surface area contributed by atoms with Gasteiger partial charge < -0.3 is 20.6 Å². The number of nitrogens with zero attached hydrogens (tertiary/aromatic N) is 6. The number of aliphatic hydroxyl groups excluding tert-OH is 1. The topological polar surface area (TPSA) is 172 Å². The van der Waals surface area contributed by atoms with Gasteiger partial charge in [-0.25, -0.2) is 15.0 Å². The molecule has 3 aliphatic rings. The lowest BCUT2D eigenvalue weighted by Gasteiger charge is -2.27. The number of hydrogen-bond donors (Lipinski definition) is 3. The molecular weight excluding hydrogens is 693 g/mol. The van der Waals surface area contributed by atoms with E-state index >= 15 is 0 Å². The minimum absolute atomic E-state index is 0.0714. The maximum Gasteiger partial charge on any atom is 0.433 e. The first-order valence-corrected chi connectivity index (χ1v) is 17.6. The molecule has 0 radical (unpaired) electrons. The molecule has 2 fully saturated rings. The Kier molecular flexibility index (Phi) is 9.29. The van der Waals surface area contributed by atoms with Crippen LogP contribution in [0, 0.1) is 18.3 Å². The van der Waals surface area contributed by atoms with Gasteiger partial charge in [-0.1, -0.05) is 13.0 Å². The van der Waals surface area contributed by atoms with Crippen LogP contribution in [0.4, 0.5) is 19.0 Å². The summed E-state index contributed by atoms with van der Waals surface area (Å²) >= 11 is 0. The minimum Gasteiger partial charge on any atom is -0.393 e. The van der Waals surface area contributed by atoms with Gasteiger partial charge in [-0.05, 0) is 80.3 Å². The number of aryl methyl sites for hydroxylation is 2. The van der Waals surface area contributed by atoms with Gasteiger partial charge >= 0.3 is 6.18 Å². The quantitative estimate of drug-likeness (QED) is 0.260. The van der Waals surface area contributed by atoms with Gasteiger partial charge in [-0.3, -0.25) is 23.9 Å². The number of alkyl halides is 3. The fourth-order valence-corrected chi connectivity index (χ4v) is 7.73. The molecule has 4 aromatic rings. The maximum atomic E-state index is 14.4. The Labute approximate surface area is 302 Å². The van der Waals surface area contributed by atoms with Crippen LogP contribution in [0.2, 0.25) is 0 Å². The van der Waals surface area contributed by atoms with Crippen LogP contribution in [0.3, 0.4) is 0 Å². The van der Waals surface area contributed by atoms with Crippen molar-refractivity contribution in [1.29, 1.82) is 0 Å². The SMILES string of the molecule is CC(=O)c1nn2c3c(cc(-c4cnc(C)nc4)cc13)CCC(C)C(O)CCC(=O)NC[C@@]13C[C@@H](C(=O)Nc4cccc(C(F)(F)F)n4)N(C(=O)C2)[C@@H]1C3. The van der Waals surface area contributed by atoms with E-state index in [0.29, 0.717) is 41.6 Å². The zero-order valence-electron chi connectivity index (χ0n) is 29.4. The summed E-state index contributed by atoms with van der Waals surface area (Å²) in [4.78, 5) is 67.8. The Morgan fingerprint density at radius 3 is 2.53 bits per heavy atom. The Morgan fingerprint density at radius 2 is 1.81 bits per heavy atom. The monoisotopic (exact) mass is 732 g/mol. The number of pyridine rings is 1. The van der Waals surface area contributed by atoms with Gasteiger partial charge in [-0.15, -0.1) is 0 Å². The molecule has 3 aromatic heterocycles. The maximum absolute atomic E-state index is 14.4. The highest BCUT2D eigenvalue weighted by Crippen LogP contribution is 2.59. The number of nitrogens with one attached hydrogen (secondary N) is 2. The fourth-order valence-electron chi connectivity index (χ4n) is 7.73. The van der Waals surface area contributed by atoms with E-state index in [4.69, 9.17) is 0 Å². The highest BCUT2D eigenvalue weighted by atomic mass is 19.4. The number of carbonyl (C=O) groups is 4. The number of aromatic nitrogens is 5. The summed E-state index contributed by atoms with van der Waals surface area (Å²) in [5, 5.41) is 21.6. The molecule has 2 aliphatic heterocycles. The molecule has 5 heterocycles. The number of aliphatic hydroxyl groups is 1. The average Bonchev–Trinajstić information content (AvgIpc) is 3.53. The largest absolute Gasteiger partial charge is 0.433 e. The lowest BCUT2D eigenvalue weighted by molar-refractivity contribution is -0.141. The van der Waals surface area contributed by atoms with Crippen LogP contribution in [-0.2, 0) is 33.5 Å². The predicted molar refractivity (Wildman–Crippen MR) is 185 cm³/mol. The number of ketones is 1. The number of amides is 3. The highest BCUT2D eigenvalue weighted by molar-refractivity contribution is 6.07. The van der Waals surface area contributed by atoms with Gasteiger partial charge in [0.2, 0.25) is 17.7 Å². The number of Topliss-reactive ketones (excluding diaryl/α,β-unsaturated/α-hetero) is 1. The lowest BCUT2D eigenvalue weighted by Crippen LogP contribution is -2.47. The normalized spacial score (nSPS) is 25.1. The van der Waals surface area contributed by atoms with Crippen molar-refractivity contribution in [3.8, 4) is 11.1 Å². The Hall–Kier alpha value is -5.25. The summed E-state index contributed by atoms with van der Waals surface area (Å²) in [6, 6.07) is 5.39. The fraction of sp³-hybridized carbons (Fsp3) is 0.459. The standard InChI is InChI=1S/C37H39F3N8O5/c1-19-7-8-22-11-23(24-15-41-21(3)42-16-24)12-25-33(20(2)49)46-47(34(22)25)17-32(52)48-26(35(53)45-30-6-4-5-28(44-30)37(38,39)40)13-36(14-29(36)48)18-43-31(51)10-9-27(19)50/h4-6,11-12,15-16,19,26-27,29,50H,7-10,13-14,17-18H2,1-3H3,(H,43,51)(H,44,45,53)/t19?,26-,27?,29+,36-/m0/s1. The van der Waals surface area contributed by atoms with E-state index in [1.54, 1.807) is 19.3 Å². The van der Waals surface area contributed by atoms with Crippen molar-refractivity contribution >= 4 is 40.2 Å². The van der Waals surface area contributed by atoms with Gasteiger partial charge in [0.1, 0.15) is 35.6 Å². The van der Waals surface area contributed by atoms with Crippen molar-refractivity contribution in [2.75, 3.05) is 11.9 Å². The second-order valence-electron chi connectivity index (χ2n) is 14.5. The number of anilines is 1. The molecule has 1 aliphatic carbocycles. The molecule has 5 atom stereocenters. The van der Waals surface area contributed by atoms with Crippen LogP contribution in [0.25, 0.3) is 22.0 Å². The van der Waals surface area contributed by atoms with Crippen LogP contribution in [0.1, 0.15) is 73.5 Å². The number of piperidine rings is 1. The number of halogens is 3. The zero-order valence-corrected chi connectivity index (χ0v) is 29.4. The molecule has 7 rings (SSSR count). The van der Waals surface area contributed by atoms with Crippen molar-refractivity contribution in [3.63, 3.8) is 0 Å². The van der Waals surface area contributed by atoms with Crippen molar-refractivity contribution in [3.05, 3.63) is 65.5 Å². The van der Waals surface area contributed by atoms with Crippen LogP contribution in [0.5, 0.6) is 0 Å². The Morgan fingerprint density at radius 1 is 1.06 bits per heavy atom. The van der Waals surface area contributed by atoms with Gasteiger partial charge in [0.25, 0.3) is 0 Å². The van der Waals surface area contributed by atoms with Gasteiger partial charge in [-0.2, -0.15) is 18.3 Å². The molecule has 1 saturated heterocycles. The van der Waals surface area contributed by atoms with Crippen LogP contribution < -0.4 is 10.6 Å². The second kappa shape index (κ2) is 13.6. The molecule has 0 spiro atoms. The summed E-state index contributed by atoms with van der Waals surface area (Å²) in [7, 11) is 0. The molecule has 16 heteroatoms. The van der Waals surface area contributed by atoms with Gasteiger partial charge in [0.15, 0.2) is 5.78 Å². The van der Waals surface area contributed by atoms with Gasteiger partial charge in [0, 0.05) is 54.7 Å². The molecule has 1 saturated carbocycles. The minimum atomic E-state index is -4.73. The molecule has 53 heavy (non-hydrogen) atoms. The highest BCUT2D eigenvalue weighted by Gasteiger charge is 2.67. The van der Waals surface area contributed by atoms with E-state index in [2.05, 4.69) is 30.7 Å². The van der Waals surface area contributed by atoms with E-state index in [1.807, 2.05) is 19.1 Å². The molecule has 1 aromatic carbocycles.